The van der Waals surface area contributed by atoms with Crippen molar-refractivity contribution in [3.8, 4) is 11.4 Å². The van der Waals surface area contributed by atoms with E-state index in [-0.39, 0.29) is 0 Å². The number of hydrogen-bond acceptors (Lipinski definition) is 3. The first kappa shape index (κ1) is 11.5. The minimum absolute atomic E-state index is 0.854. The Labute approximate surface area is 113 Å². The molecule has 0 aliphatic heterocycles. The molecule has 0 atom stereocenters. The van der Waals surface area contributed by atoms with E-state index in [9.17, 15) is 0 Å². The fraction of sp³-hybridized carbons (Fsp3) is 0.231. The van der Waals surface area contributed by atoms with Crippen LogP contribution in [0.15, 0.2) is 33.5 Å². The van der Waals surface area contributed by atoms with E-state index >= 15 is 0 Å². The molecule has 2 aromatic heterocycles. The second kappa shape index (κ2) is 4.24. The predicted octanol–water partition coefficient (Wildman–Crippen LogP) is 3.78. The summed E-state index contributed by atoms with van der Waals surface area (Å²) in [5.41, 5.74) is 3.90. The van der Waals surface area contributed by atoms with Crippen molar-refractivity contribution in [3.05, 3.63) is 34.6 Å². The second-order valence-corrected chi connectivity index (χ2v) is 5.04. The number of benzene rings is 1. The molecule has 0 aliphatic rings. The van der Waals surface area contributed by atoms with Gasteiger partial charge in [0.1, 0.15) is 12.1 Å². The van der Waals surface area contributed by atoms with Gasteiger partial charge >= 0.3 is 0 Å². The summed E-state index contributed by atoms with van der Waals surface area (Å²) < 4.78 is 8.23. The molecule has 0 unspecified atom stereocenters. The third-order valence-electron chi connectivity index (χ3n) is 3.02. The van der Waals surface area contributed by atoms with Crippen molar-refractivity contribution < 1.29 is 4.52 Å². The normalized spacial score (nSPS) is 11.3. The Hall–Kier alpha value is -1.62. The number of aromatic nitrogens is 3. The Kier molecular flexibility index (Phi) is 2.70. The van der Waals surface area contributed by atoms with Gasteiger partial charge < -0.3 is 9.09 Å². The molecule has 3 aromatic rings. The summed E-state index contributed by atoms with van der Waals surface area (Å²) in [5, 5.41) is 3.92. The first-order chi connectivity index (χ1) is 8.70. The van der Waals surface area contributed by atoms with Crippen LogP contribution in [-0.2, 0) is 6.54 Å². The van der Waals surface area contributed by atoms with Crippen LogP contribution in [0, 0.1) is 6.92 Å². The predicted molar refractivity (Wildman–Crippen MR) is 73.3 cm³/mol. The molecule has 0 fully saturated rings. The van der Waals surface area contributed by atoms with Gasteiger partial charge in [-0.15, -0.1) is 0 Å². The number of halogens is 1. The lowest BCUT2D eigenvalue weighted by Crippen LogP contribution is -1.97. The monoisotopic (exact) mass is 305 g/mol. The second-order valence-electron chi connectivity index (χ2n) is 4.13. The molecule has 92 valence electrons. The zero-order valence-corrected chi connectivity index (χ0v) is 11.7. The molecular weight excluding hydrogens is 294 g/mol. The number of aryl methyl sites for hydroxylation is 2. The Balaban J connectivity index is 2.33. The molecule has 0 spiro atoms. The molecule has 0 amide bonds. The van der Waals surface area contributed by atoms with Crippen molar-refractivity contribution in [2.75, 3.05) is 0 Å². The van der Waals surface area contributed by atoms with E-state index in [0.29, 0.717) is 0 Å². The molecule has 0 bridgehead atoms. The van der Waals surface area contributed by atoms with E-state index in [4.69, 9.17) is 4.52 Å². The summed E-state index contributed by atoms with van der Waals surface area (Å²) in [6, 6.07) is 6.09. The van der Waals surface area contributed by atoms with Crippen LogP contribution in [0.1, 0.15) is 12.6 Å². The van der Waals surface area contributed by atoms with E-state index in [1.807, 2.05) is 19.1 Å². The molecule has 0 saturated heterocycles. The lowest BCUT2D eigenvalue weighted by atomic mass is 10.2. The Morgan fingerprint density at radius 1 is 1.39 bits per heavy atom. The summed E-state index contributed by atoms with van der Waals surface area (Å²) in [6.07, 6.45) is 1.65. The molecule has 4 nitrogen and oxygen atoms in total. The number of hydrogen-bond donors (Lipinski definition) is 0. The highest BCUT2D eigenvalue weighted by Crippen LogP contribution is 2.28. The van der Waals surface area contributed by atoms with Crippen LogP contribution in [0.4, 0.5) is 0 Å². The van der Waals surface area contributed by atoms with Crippen LogP contribution in [0.2, 0.25) is 0 Å². The van der Waals surface area contributed by atoms with Gasteiger partial charge in [0.25, 0.3) is 0 Å². The summed E-state index contributed by atoms with van der Waals surface area (Å²) in [7, 11) is 0. The molecule has 5 heteroatoms. The van der Waals surface area contributed by atoms with E-state index in [2.05, 4.69) is 43.6 Å². The van der Waals surface area contributed by atoms with Crippen molar-refractivity contribution >= 4 is 27.0 Å². The molecule has 1 aromatic carbocycles. The lowest BCUT2D eigenvalue weighted by molar-refractivity contribution is 0.415. The fourth-order valence-electron chi connectivity index (χ4n) is 2.13. The van der Waals surface area contributed by atoms with Gasteiger partial charge in [0.2, 0.25) is 0 Å². The topological polar surface area (TPSA) is 43.9 Å². The maximum absolute atomic E-state index is 5.01. The largest absolute Gasteiger partial charge is 0.364 e. The average Bonchev–Trinajstić information content (AvgIpc) is 2.91. The maximum Gasteiger partial charge on any atom is 0.146 e. The van der Waals surface area contributed by atoms with Crippen LogP contribution in [-0.4, -0.2) is 14.7 Å². The van der Waals surface area contributed by atoms with Crippen molar-refractivity contribution in [3.63, 3.8) is 0 Å². The standard InChI is InChI=1S/C13H12BrN3O/c1-3-17-12-6-9(14)4-5-11(12)15-13(17)10-7-18-16-8(10)2/h4-7H,3H2,1-2H3. The maximum atomic E-state index is 5.01. The zero-order chi connectivity index (χ0) is 12.7. The molecule has 0 saturated carbocycles. The van der Waals surface area contributed by atoms with Crippen molar-refractivity contribution in [1.82, 2.24) is 14.7 Å². The van der Waals surface area contributed by atoms with Gasteiger partial charge in [0.15, 0.2) is 0 Å². The third-order valence-corrected chi connectivity index (χ3v) is 3.51. The van der Waals surface area contributed by atoms with Gasteiger partial charge in [-0.2, -0.15) is 0 Å². The first-order valence-corrected chi connectivity index (χ1v) is 6.57. The van der Waals surface area contributed by atoms with Crippen LogP contribution in [0.3, 0.4) is 0 Å². The molecule has 0 aliphatic carbocycles. The van der Waals surface area contributed by atoms with E-state index < -0.39 is 0 Å². The van der Waals surface area contributed by atoms with E-state index in [0.717, 1.165) is 39.1 Å². The van der Waals surface area contributed by atoms with Gasteiger partial charge in [-0.3, -0.25) is 0 Å². The van der Waals surface area contributed by atoms with E-state index in [1.54, 1.807) is 6.26 Å². The van der Waals surface area contributed by atoms with Gasteiger partial charge in [0.05, 0.1) is 22.3 Å². The molecule has 0 N–H and O–H groups in total. The minimum Gasteiger partial charge on any atom is -0.364 e. The third kappa shape index (κ3) is 1.66. The van der Waals surface area contributed by atoms with Crippen molar-refractivity contribution in [1.29, 1.82) is 0 Å². The molecule has 18 heavy (non-hydrogen) atoms. The molecular formula is C13H12BrN3O. The fourth-order valence-corrected chi connectivity index (χ4v) is 2.48. The Morgan fingerprint density at radius 2 is 2.22 bits per heavy atom. The number of rotatable bonds is 2. The Bertz CT molecular complexity index is 714. The minimum atomic E-state index is 0.854. The highest BCUT2D eigenvalue weighted by Gasteiger charge is 2.15. The van der Waals surface area contributed by atoms with Gasteiger partial charge in [-0.25, -0.2) is 4.98 Å². The quantitative estimate of drug-likeness (QED) is 0.723. The van der Waals surface area contributed by atoms with Crippen molar-refractivity contribution in [2.45, 2.75) is 20.4 Å². The number of fused-ring (bicyclic) bond motifs is 1. The lowest BCUT2D eigenvalue weighted by Gasteiger charge is -2.04. The Morgan fingerprint density at radius 3 is 2.89 bits per heavy atom. The highest BCUT2D eigenvalue weighted by atomic mass is 79.9. The highest BCUT2D eigenvalue weighted by molar-refractivity contribution is 9.10. The van der Waals surface area contributed by atoms with E-state index in [1.165, 1.54) is 0 Å². The van der Waals surface area contributed by atoms with Gasteiger partial charge in [-0.1, -0.05) is 21.1 Å². The summed E-state index contributed by atoms with van der Waals surface area (Å²) >= 11 is 3.50. The average molecular weight is 306 g/mol. The van der Waals surface area contributed by atoms with Crippen LogP contribution in [0.5, 0.6) is 0 Å². The molecule has 0 radical (unpaired) electrons. The summed E-state index contributed by atoms with van der Waals surface area (Å²) in [6.45, 7) is 4.88. The molecule has 3 rings (SSSR count). The number of nitrogens with zero attached hydrogens (tertiary/aromatic N) is 3. The van der Waals surface area contributed by atoms with Crippen LogP contribution < -0.4 is 0 Å². The smallest absolute Gasteiger partial charge is 0.146 e. The summed E-state index contributed by atoms with van der Waals surface area (Å²) in [5.74, 6) is 0.907. The first-order valence-electron chi connectivity index (χ1n) is 5.78. The van der Waals surface area contributed by atoms with Crippen LogP contribution >= 0.6 is 15.9 Å². The molecule has 2 heterocycles. The van der Waals surface area contributed by atoms with Crippen molar-refractivity contribution in [2.24, 2.45) is 0 Å². The zero-order valence-electron chi connectivity index (χ0n) is 10.1. The van der Waals surface area contributed by atoms with Gasteiger partial charge in [0, 0.05) is 11.0 Å². The number of imidazole rings is 1. The van der Waals surface area contributed by atoms with Gasteiger partial charge in [-0.05, 0) is 32.0 Å². The SMILES string of the molecule is CCn1c(-c2conc2C)nc2ccc(Br)cc21. The van der Waals surface area contributed by atoms with Crippen LogP contribution in [0.25, 0.3) is 22.4 Å². The summed E-state index contributed by atoms with van der Waals surface area (Å²) in [4.78, 5) is 4.67.